The van der Waals surface area contributed by atoms with E-state index in [0.29, 0.717) is 22.5 Å². The second-order valence-corrected chi connectivity index (χ2v) is 29.8. The Labute approximate surface area is 589 Å². The highest BCUT2D eigenvalue weighted by Gasteiger charge is 2.48. The number of aromatic nitrogens is 16. The molecule has 4 aliphatic heterocycles. The Balaban J connectivity index is 0.568. The van der Waals surface area contributed by atoms with E-state index in [1.54, 1.807) is 0 Å². The highest BCUT2D eigenvalue weighted by Crippen LogP contribution is 2.54. The number of H-pyrrole nitrogens is 4. The van der Waals surface area contributed by atoms with Crippen LogP contribution in [0.15, 0.2) is 103 Å². The highest BCUT2D eigenvalue weighted by atomic mass is 31.2. The van der Waals surface area contributed by atoms with Gasteiger partial charge in [-0.1, -0.05) is 24.3 Å². The monoisotopic (exact) mass is 1560 g/mol. The number of nitrogens with two attached hydrogens (primary N) is 4. The van der Waals surface area contributed by atoms with Crippen LogP contribution in [0.2, 0.25) is 0 Å². The summed E-state index contributed by atoms with van der Waals surface area (Å²) < 4.78 is 127. The number of anilines is 4. The summed E-state index contributed by atoms with van der Waals surface area (Å²) in [5.74, 6) is -0.960. The van der Waals surface area contributed by atoms with Crippen molar-refractivity contribution < 1.29 is 103 Å². The number of azo groups is 1. The summed E-state index contributed by atoms with van der Waals surface area (Å²) in [6.45, 7) is -4.00. The fourth-order valence-corrected chi connectivity index (χ4v) is 15.5. The van der Waals surface area contributed by atoms with Gasteiger partial charge in [-0.3, -0.25) is 93.6 Å². The Bertz CT molecular complexity index is 5440. The Morgan fingerprint density at radius 3 is 1.08 bits per heavy atom. The highest BCUT2D eigenvalue weighted by molar-refractivity contribution is 7.48. The fourth-order valence-electron chi connectivity index (χ4n) is 12.0. The van der Waals surface area contributed by atoms with Crippen LogP contribution in [0, 0.1) is 0 Å². The van der Waals surface area contributed by atoms with Crippen molar-refractivity contribution in [2.45, 2.75) is 113 Å². The number of aliphatic hydroxyl groups is 2. The zero-order chi connectivity index (χ0) is 74.7. The van der Waals surface area contributed by atoms with Crippen LogP contribution in [0.1, 0.15) is 61.7 Å². The number of benzene rings is 2. The molecule has 4 fully saturated rings. The minimum Gasteiger partial charge on any atom is -0.394 e. The van der Waals surface area contributed by atoms with Crippen LogP contribution in [0.4, 0.5) is 35.2 Å². The molecule has 18 N–H and O–H groups in total. The number of phosphoric acid groups is 4. The van der Waals surface area contributed by atoms with Crippen LogP contribution in [0.3, 0.4) is 0 Å². The fraction of sp³-hybridized carbons (Fsp3) is 0.407. The van der Waals surface area contributed by atoms with Crippen molar-refractivity contribution in [1.82, 2.24) is 78.1 Å². The van der Waals surface area contributed by atoms with Gasteiger partial charge in [-0.25, -0.2) is 38.2 Å². The number of imidazole rings is 4. The molecule has 4 saturated heterocycles. The first kappa shape index (κ1) is 73.7. The lowest BCUT2D eigenvalue weighted by Crippen LogP contribution is -2.30. The lowest BCUT2D eigenvalue weighted by molar-refractivity contribution is -0.0556. The van der Waals surface area contributed by atoms with Gasteiger partial charge in [0.25, 0.3) is 22.2 Å². The molecule has 48 nitrogen and oxygen atoms in total. The number of fused-ring (bicyclic) bond motifs is 4. The Kier molecular flexibility index (Phi) is 20.5. The second-order valence-electron chi connectivity index (χ2n) is 24.1. The predicted molar refractivity (Wildman–Crippen MR) is 356 cm³/mol. The quantitative estimate of drug-likeness (QED) is 0.0241. The maximum absolute atomic E-state index is 13.7. The third kappa shape index (κ3) is 16.2. The molecule has 10 aromatic rings. The van der Waals surface area contributed by atoms with Gasteiger partial charge in [-0.2, -0.15) is 30.2 Å². The number of aromatic amines is 4. The summed E-state index contributed by atoms with van der Waals surface area (Å²) in [7, 11) is -20.3. The first-order valence-corrected chi connectivity index (χ1v) is 37.5. The smallest absolute Gasteiger partial charge is 0.394 e. The minimum absolute atomic E-state index is 0.0254. The van der Waals surface area contributed by atoms with Gasteiger partial charge in [0.1, 0.15) is 67.6 Å². The van der Waals surface area contributed by atoms with Crippen LogP contribution in [-0.2, 0) is 86.6 Å². The number of rotatable bonds is 28. The van der Waals surface area contributed by atoms with Crippen LogP contribution >= 0.6 is 31.3 Å². The molecule has 0 radical (unpaired) electrons. The van der Waals surface area contributed by atoms with Crippen LogP contribution in [-0.4, -0.2) is 183 Å². The molecule has 4 unspecified atom stereocenters. The number of nitrogens with one attached hydrogen (secondary N) is 4. The normalized spacial score (nSPS) is 25.8. The standard InChI is InChI=1S/C54H62N22O26P4/c55-51-63-43-39(47(79)67-51)59-19-73(43)35-9-27(78)32(97-35)16-94-105(87,88)102-29-11-37(75-21-61-41-45(75)65-53(57)69-49(41)81)98-33(29)17-93-103(83,84)91-14-23-1-5-25(6-2-23)71-72-26-7-3-24(4-8-26)15-92-104(85,86)101-30-12-38(76-22-62-42-46(76)66-54(58)70-50(42)82)99-34(30)18-95-106(89,90)100-28-10-36(96-31(28)13-77)74-20-60-40-44(74)64-52(56)68-48(40)80/h1-8,19-22,27-38,77-78H,9-18H2,(H,83,84)(H,85,86)(H,87,88)(H,89,90)(H3,55,63,67,79)(H3,56,64,68,80)(H3,57,65,69,81)(H3,58,66,70,82)/t27-,28-,29-,30-,31+,32+,33+,34+,35+,36+,37+,38+/m0/s1. The average Bonchev–Trinajstić information content (AvgIpc) is 1.64. The minimum atomic E-state index is -5.13. The molecule has 0 aliphatic carbocycles. The maximum Gasteiger partial charge on any atom is 0.472 e. The summed E-state index contributed by atoms with van der Waals surface area (Å²) >= 11 is 0. The van der Waals surface area contributed by atoms with E-state index in [2.05, 4.69) is 70.0 Å². The van der Waals surface area contributed by atoms with Gasteiger partial charge in [0, 0.05) is 25.7 Å². The molecule has 52 heteroatoms. The van der Waals surface area contributed by atoms with Crippen molar-refractivity contribution in [2.75, 3.05) is 49.4 Å². The molecule has 0 amide bonds. The van der Waals surface area contributed by atoms with Crippen molar-refractivity contribution in [3.8, 4) is 0 Å². The van der Waals surface area contributed by atoms with Crippen molar-refractivity contribution in [3.05, 3.63) is 126 Å². The van der Waals surface area contributed by atoms with Gasteiger partial charge in [0.2, 0.25) is 23.8 Å². The van der Waals surface area contributed by atoms with Gasteiger partial charge >= 0.3 is 31.3 Å². The van der Waals surface area contributed by atoms with Gasteiger partial charge in [-0.15, -0.1) is 0 Å². The largest absolute Gasteiger partial charge is 0.472 e. The lowest BCUT2D eigenvalue weighted by Gasteiger charge is -2.23. The van der Waals surface area contributed by atoms with Crippen molar-refractivity contribution >= 4 is 111 Å². The zero-order valence-corrected chi connectivity index (χ0v) is 57.7. The average molecular weight is 1560 g/mol. The van der Waals surface area contributed by atoms with Crippen LogP contribution in [0.5, 0.6) is 0 Å². The van der Waals surface area contributed by atoms with Crippen molar-refractivity contribution in [2.24, 2.45) is 10.2 Å². The first-order chi connectivity index (χ1) is 50.5. The number of ether oxygens (including phenoxy) is 4. The zero-order valence-electron chi connectivity index (χ0n) is 54.1. The van der Waals surface area contributed by atoms with Gasteiger partial charge in [-0.05, 0) is 35.4 Å². The van der Waals surface area contributed by atoms with E-state index in [0.717, 1.165) is 0 Å². The molecule has 2 aromatic carbocycles. The molecule has 4 aliphatic rings. The van der Waals surface area contributed by atoms with E-state index in [-0.39, 0.29) is 94.1 Å². The maximum atomic E-state index is 13.7. The summed E-state index contributed by atoms with van der Waals surface area (Å²) in [5.41, 5.74) is 21.4. The molecular weight excluding hydrogens is 1500 g/mol. The third-order valence-corrected chi connectivity index (χ3v) is 20.9. The summed E-state index contributed by atoms with van der Waals surface area (Å²) in [6, 6.07) is 12.1. The SMILES string of the molecule is Nc1nc2c(ncn2[C@H]2C[C@H](OP(=O)(O)OC[C@H]3O[C@@H](n4cnc5c(=O)[nH]c(N)nc54)C[C@@H]3OP(=O)(O)OCc3ccc(N=Nc4ccc(COP(=O)(O)OC[C@H]5O[C@@H](n6cnc7c(=O)[nH]c(N)nc76)C[C@@H]5OP(=O)(O)OC[C@H]5O[C@@H](n6cnc7c(=O)[nH]c(N)nc76)C[C@@H]5O)cc4)cc3)[C@@H](CO)O2)c(=O)[nH]1. The number of phosphoric ester groups is 4. The number of hydrogen-bond donors (Lipinski definition) is 14. The lowest BCUT2D eigenvalue weighted by atomic mass is 10.2. The molecule has 564 valence electrons. The second kappa shape index (κ2) is 29.5. The van der Waals surface area contributed by atoms with E-state index >= 15 is 0 Å². The summed E-state index contributed by atoms with van der Waals surface area (Å²) in [6.07, 6.45) is -11.0. The molecule has 0 spiro atoms. The predicted octanol–water partition coefficient (Wildman–Crippen LogP) is 1.11. The molecule has 12 heterocycles. The van der Waals surface area contributed by atoms with E-state index in [1.807, 2.05) is 0 Å². The molecule has 14 rings (SSSR count). The summed E-state index contributed by atoms with van der Waals surface area (Å²) in [5, 5.41) is 29.5. The number of nitrogen functional groups attached to an aromatic ring is 4. The third-order valence-electron chi connectivity index (χ3n) is 16.9. The number of aliphatic hydroxyl groups excluding tert-OH is 2. The van der Waals surface area contributed by atoms with Crippen molar-refractivity contribution in [1.29, 1.82) is 0 Å². The molecular formula is C54H62N22O26P4. The number of hydrogen-bond acceptors (Lipinski definition) is 36. The van der Waals surface area contributed by atoms with Crippen LogP contribution in [0.25, 0.3) is 44.7 Å². The van der Waals surface area contributed by atoms with Gasteiger partial charge in [0.05, 0.1) is 82.4 Å². The first-order valence-electron chi connectivity index (χ1n) is 31.5. The Morgan fingerprint density at radius 2 is 0.726 bits per heavy atom. The summed E-state index contributed by atoms with van der Waals surface area (Å²) in [4.78, 5) is 136. The van der Waals surface area contributed by atoms with Gasteiger partial charge in [0.15, 0.2) is 44.7 Å². The molecule has 16 atom stereocenters. The molecule has 0 saturated carbocycles. The molecule has 106 heavy (non-hydrogen) atoms. The van der Waals surface area contributed by atoms with E-state index in [4.69, 9.17) is 78.1 Å². The Hall–Kier alpha value is -9.16. The Morgan fingerprint density at radius 1 is 0.434 bits per heavy atom. The molecule has 8 aromatic heterocycles. The van der Waals surface area contributed by atoms with E-state index in [9.17, 15) is 67.2 Å². The van der Waals surface area contributed by atoms with Crippen molar-refractivity contribution in [3.63, 3.8) is 0 Å². The van der Waals surface area contributed by atoms with Crippen LogP contribution < -0.4 is 45.2 Å². The van der Waals surface area contributed by atoms with Gasteiger partial charge < -0.3 is 71.7 Å². The topological polar surface area (TPSA) is 684 Å². The van der Waals surface area contributed by atoms with E-state index < -0.39 is 167 Å². The number of nitrogens with zero attached hydrogens (tertiary/aromatic N) is 14. The molecule has 0 bridgehead atoms. The van der Waals surface area contributed by atoms with E-state index in [1.165, 1.54) is 92.1 Å².